The molecular weight excluding hydrogens is 399 g/mol. The van der Waals surface area contributed by atoms with Gasteiger partial charge in [-0.05, 0) is 42.3 Å². The van der Waals surface area contributed by atoms with Crippen molar-refractivity contribution in [3.8, 4) is 0 Å². The highest BCUT2D eigenvalue weighted by atomic mass is 35.5. The fourth-order valence-electron chi connectivity index (χ4n) is 3.10. The van der Waals surface area contributed by atoms with Crippen LogP contribution in [0.3, 0.4) is 0 Å². The molecular formula is C21H18ClFN2O2S. The van der Waals surface area contributed by atoms with Crippen LogP contribution in [-0.4, -0.2) is 16.7 Å². The van der Waals surface area contributed by atoms with Crippen molar-refractivity contribution >= 4 is 34.8 Å². The van der Waals surface area contributed by atoms with Gasteiger partial charge in [-0.15, -0.1) is 11.3 Å². The Morgan fingerprint density at radius 2 is 1.71 bits per heavy atom. The van der Waals surface area contributed by atoms with Crippen molar-refractivity contribution in [3.05, 3.63) is 92.9 Å². The van der Waals surface area contributed by atoms with Crippen LogP contribution >= 0.6 is 22.9 Å². The van der Waals surface area contributed by atoms with E-state index in [0.717, 1.165) is 11.3 Å². The van der Waals surface area contributed by atoms with Gasteiger partial charge < -0.3 is 10.6 Å². The third-order valence-corrected chi connectivity index (χ3v) is 5.65. The number of hydrogen-bond acceptors (Lipinski definition) is 3. The number of nitrogens with two attached hydrogens (primary N) is 1. The molecule has 2 aromatic carbocycles. The monoisotopic (exact) mass is 416 g/mol. The van der Waals surface area contributed by atoms with Gasteiger partial charge in [0.25, 0.3) is 5.91 Å². The largest absolute Gasteiger partial charge is 0.368 e. The van der Waals surface area contributed by atoms with Gasteiger partial charge in [0.1, 0.15) is 11.9 Å². The number of thiophene rings is 1. The van der Waals surface area contributed by atoms with E-state index in [2.05, 4.69) is 0 Å². The summed E-state index contributed by atoms with van der Waals surface area (Å²) < 4.78 is 14.2. The number of halogens is 2. The zero-order valence-electron chi connectivity index (χ0n) is 15.0. The van der Waals surface area contributed by atoms with E-state index in [0.29, 0.717) is 20.3 Å². The molecule has 0 spiro atoms. The minimum Gasteiger partial charge on any atom is -0.368 e. The first kappa shape index (κ1) is 20.0. The van der Waals surface area contributed by atoms with Crippen molar-refractivity contribution in [2.45, 2.75) is 19.0 Å². The van der Waals surface area contributed by atoms with E-state index in [9.17, 15) is 14.0 Å². The second-order valence-corrected chi connectivity index (χ2v) is 7.98. The Labute approximate surface area is 171 Å². The number of primary amides is 1. The molecule has 7 heteroatoms. The molecule has 2 atom stereocenters. The standard InChI is InChI=1S/C21H18ClFN2O2S/c1-13(15-8-5-9-16(23)12-15)25(21(27)17-10-11-18(22)28-17)19(20(24)26)14-6-3-2-4-7-14/h2-13,19H,1H3,(H2,24,26)/t13-,19-/m1/s1. The van der Waals surface area contributed by atoms with E-state index < -0.39 is 29.7 Å². The molecule has 0 radical (unpaired) electrons. The van der Waals surface area contributed by atoms with E-state index in [4.69, 9.17) is 17.3 Å². The van der Waals surface area contributed by atoms with Crippen LogP contribution in [0.25, 0.3) is 0 Å². The number of benzene rings is 2. The third kappa shape index (κ3) is 4.24. The summed E-state index contributed by atoms with van der Waals surface area (Å²) in [7, 11) is 0. The van der Waals surface area contributed by atoms with Crippen LogP contribution in [0, 0.1) is 5.82 Å². The lowest BCUT2D eigenvalue weighted by molar-refractivity contribution is -0.123. The Hall–Kier alpha value is -2.70. The maximum atomic E-state index is 13.8. The van der Waals surface area contributed by atoms with Gasteiger partial charge in [-0.3, -0.25) is 9.59 Å². The lowest BCUT2D eigenvalue weighted by atomic mass is 9.99. The van der Waals surface area contributed by atoms with Gasteiger partial charge >= 0.3 is 0 Å². The van der Waals surface area contributed by atoms with Crippen LogP contribution in [0.4, 0.5) is 4.39 Å². The summed E-state index contributed by atoms with van der Waals surface area (Å²) in [4.78, 5) is 27.5. The molecule has 0 aliphatic heterocycles. The second-order valence-electron chi connectivity index (χ2n) is 6.26. The van der Waals surface area contributed by atoms with Crippen LogP contribution in [0.15, 0.2) is 66.7 Å². The minimum atomic E-state index is -1.02. The van der Waals surface area contributed by atoms with E-state index in [-0.39, 0.29) is 0 Å². The molecule has 3 aromatic rings. The molecule has 0 saturated carbocycles. The highest BCUT2D eigenvalue weighted by molar-refractivity contribution is 7.18. The van der Waals surface area contributed by atoms with Crippen LogP contribution in [0.1, 0.15) is 39.8 Å². The van der Waals surface area contributed by atoms with Crippen molar-refractivity contribution in [1.29, 1.82) is 0 Å². The Morgan fingerprint density at radius 1 is 1.04 bits per heavy atom. The molecule has 144 valence electrons. The van der Waals surface area contributed by atoms with Gasteiger partial charge in [-0.2, -0.15) is 0 Å². The van der Waals surface area contributed by atoms with Gasteiger partial charge in [-0.25, -0.2) is 4.39 Å². The Bertz CT molecular complexity index is 993. The zero-order chi connectivity index (χ0) is 20.3. The molecule has 28 heavy (non-hydrogen) atoms. The summed E-state index contributed by atoms with van der Waals surface area (Å²) in [5.74, 6) is -1.50. The molecule has 0 saturated heterocycles. The van der Waals surface area contributed by atoms with Gasteiger partial charge in [-0.1, -0.05) is 54.1 Å². The maximum absolute atomic E-state index is 13.8. The Morgan fingerprint density at radius 3 is 2.29 bits per heavy atom. The van der Waals surface area contributed by atoms with E-state index in [1.165, 1.54) is 17.0 Å². The van der Waals surface area contributed by atoms with Crippen LogP contribution in [0.2, 0.25) is 4.34 Å². The molecule has 0 fully saturated rings. The van der Waals surface area contributed by atoms with E-state index >= 15 is 0 Å². The van der Waals surface area contributed by atoms with Crippen molar-refractivity contribution in [1.82, 2.24) is 4.90 Å². The van der Waals surface area contributed by atoms with Gasteiger partial charge in [0, 0.05) is 0 Å². The molecule has 1 aromatic heterocycles. The summed E-state index contributed by atoms with van der Waals surface area (Å²) >= 11 is 7.10. The summed E-state index contributed by atoms with van der Waals surface area (Å²) in [6, 6.07) is 16.3. The number of rotatable bonds is 6. The van der Waals surface area contributed by atoms with Gasteiger partial charge in [0.2, 0.25) is 5.91 Å². The quantitative estimate of drug-likeness (QED) is 0.616. The van der Waals surface area contributed by atoms with Crippen LogP contribution < -0.4 is 5.73 Å². The summed E-state index contributed by atoms with van der Waals surface area (Å²) in [5.41, 5.74) is 6.84. The minimum absolute atomic E-state index is 0.371. The van der Waals surface area contributed by atoms with Crippen LogP contribution in [-0.2, 0) is 4.79 Å². The molecule has 0 unspecified atom stereocenters. The molecule has 0 aliphatic carbocycles. The molecule has 0 aliphatic rings. The summed E-state index contributed by atoms with van der Waals surface area (Å²) in [6.07, 6.45) is 0. The van der Waals surface area contributed by atoms with Crippen molar-refractivity contribution in [2.24, 2.45) is 5.73 Å². The maximum Gasteiger partial charge on any atom is 0.265 e. The van der Waals surface area contributed by atoms with Crippen LogP contribution in [0.5, 0.6) is 0 Å². The van der Waals surface area contributed by atoms with Gasteiger partial charge in [0.05, 0.1) is 15.3 Å². The van der Waals surface area contributed by atoms with E-state index in [1.807, 2.05) is 6.07 Å². The van der Waals surface area contributed by atoms with Crippen molar-refractivity contribution < 1.29 is 14.0 Å². The Kier molecular flexibility index (Phi) is 6.11. The molecule has 2 N–H and O–H groups in total. The predicted molar refractivity (Wildman–Crippen MR) is 109 cm³/mol. The smallest absolute Gasteiger partial charge is 0.265 e. The normalized spacial score (nSPS) is 13.0. The fraction of sp³-hybridized carbons (Fsp3) is 0.143. The molecule has 2 amide bonds. The number of carbonyl (C=O) groups is 2. The first-order chi connectivity index (χ1) is 13.4. The molecule has 4 nitrogen and oxygen atoms in total. The average molecular weight is 417 g/mol. The lowest BCUT2D eigenvalue weighted by Crippen LogP contribution is -2.43. The second kappa shape index (κ2) is 8.54. The molecule has 0 bridgehead atoms. The SMILES string of the molecule is C[C@H](c1cccc(F)c1)N(C(=O)c1ccc(Cl)s1)[C@@H](C(N)=O)c1ccccc1. The first-order valence-corrected chi connectivity index (χ1v) is 9.75. The Balaban J connectivity index is 2.12. The van der Waals surface area contributed by atoms with Crippen molar-refractivity contribution in [3.63, 3.8) is 0 Å². The summed E-state index contributed by atoms with van der Waals surface area (Å²) in [5, 5.41) is 0. The third-order valence-electron chi connectivity index (χ3n) is 4.43. The van der Waals surface area contributed by atoms with Gasteiger partial charge in [0.15, 0.2) is 0 Å². The highest BCUT2D eigenvalue weighted by Crippen LogP contribution is 2.34. The number of hydrogen-bond donors (Lipinski definition) is 1. The predicted octanol–water partition coefficient (Wildman–Crippen LogP) is 4.97. The highest BCUT2D eigenvalue weighted by Gasteiger charge is 2.35. The topological polar surface area (TPSA) is 63.4 Å². The van der Waals surface area contributed by atoms with Crippen molar-refractivity contribution in [2.75, 3.05) is 0 Å². The molecule has 1 heterocycles. The fourth-order valence-corrected chi connectivity index (χ4v) is 4.08. The average Bonchev–Trinajstić information content (AvgIpc) is 3.12. The first-order valence-electron chi connectivity index (χ1n) is 8.56. The summed E-state index contributed by atoms with van der Waals surface area (Å²) in [6.45, 7) is 1.74. The lowest BCUT2D eigenvalue weighted by Gasteiger charge is -2.35. The number of nitrogens with zero attached hydrogens (tertiary/aromatic N) is 1. The zero-order valence-corrected chi connectivity index (χ0v) is 16.6. The number of carbonyl (C=O) groups excluding carboxylic acids is 2. The molecule has 3 rings (SSSR count). The number of amides is 2. The van der Waals surface area contributed by atoms with E-state index in [1.54, 1.807) is 55.5 Å².